The maximum Gasteiger partial charge on any atom is 0.115 e. The van der Waals surface area contributed by atoms with E-state index in [1.807, 2.05) is 19.4 Å². The second-order valence-electron chi connectivity index (χ2n) is 3.15. The van der Waals surface area contributed by atoms with Crippen LogP contribution in [0.25, 0.3) is 0 Å². The number of methoxy groups -OCH3 is 1. The van der Waals surface area contributed by atoms with Gasteiger partial charge >= 0.3 is 0 Å². The molecule has 78 valence electrons. The maximum atomic E-state index is 5.01. The topological polar surface area (TPSA) is 47.0 Å². The van der Waals surface area contributed by atoms with Gasteiger partial charge in [0.1, 0.15) is 6.33 Å². The Morgan fingerprint density at radius 2 is 2.14 bits per heavy atom. The summed E-state index contributed by atoms with van der Waals surface area (Å²) in [7, 11) is 3.67. The Bertz CT molecular complexity index is 240. The fourth-order valence-corrected chi connectivity index (χ4v) is 1.40. The molecule has 0 saturated heterocycles. The van der Waals surface area contributed by atoms with Crippen molar-refractivity contribution in [2.24, 2.45) is 0 Å². The highest BCUT2D eigenvalue weighted by Crippen LogP contribution is 2.15. The second-order valence-corrected chi connectivity index (χ2v) is 3.15. The molecule has 14 heavy (non-hydrogen) atoms. The number of hydrogen-bond donors (Lipinski definition) is 1. The predicted octanol–water partition coefficient (Wildman–Crippen LogP) is 1.16. The van der Waals surface area contributed by atoms with E-state index >= 15 is 0 Å². The van der Waals surface area contributed by atoms with Gasteiger partial charge in [-0.2, -0.15) is 0 Å². The van der Waals surface area contributed by atoms with Crippen molar-refractivity contribution in [1.82, 2.24) is 15.3 Å². The van der Waals surface area contributed by atoms with Crippen LogP contribution >= 0.6 is 0 Å². The summed E-state index contributed by atoms with van der Waals surface area (Å²) in [6.07, 6.45) is 7.32. The summed E-state index contributed by atoms with van der Waals surface area (Å²) in [5, 5.41) is 3.24. The van der Waals surface area contributed by atoms with Crippen LogP contribution in [0.4, 0.5) is 0 Å². The molecule has 4 nitrogen and oxygen atoms in total. The zero-order valence-electron chi connectivity index (χ0n) is 8.73. The van der Waals surface area contributed by atoms with Gasteiger partial charge in [0.25, 0.3) is 0 Å². The van der Waals surface area contributed by atoms with E-state index in [9.17, 15) is 0 Å². The van der Waals surface area contributed by atoms with Crippen molar-refractivity contribution < 1.29 is 4.74 Å². The quantitative estimate of drug-likeness (QED) is 0.692. The second kappa shape index (κ2) is 6.45. The summed E-state index contributed by atoms with van der Waals surface area (Å²) in [6.45, 7) is 0.797. The van der Waals surface area contributed by atoms with Crippen LogP contribution in [0.2, 0.25) is 0 Å². The van der Waals surface area contributed by atoms with Gasteiger partial charge in [-0.15, -0.1) is 0 Å². The third-order valence-corrected chi connectivity index (χ3v) is 2.17. The lowest BCUT2D eigenvalue weighted by Gasteiger charge is -2.14. The monoisotopic (exact) mass is 195 g/mol. The number of rotatable bonds is 6. The molecule has 1 heterocycles. The number of ether oxygens (including phenoxy) is 1. The Morgan fingerprint density at radius 3 is 2.71 bits per heavy atom. The minimum Gasteiger partial charge on any atom is -0.385 e. The summed E-state index contributed by atoms with van der Waals surface area (Å²) in [5.41, 5.74) is 1.13. The van der Waals surface area contributed by atoms with Gasteiger partial charge in [-0.3, -0.25) is 0 Å². The molecule has 1 N–H and O–H groups in total. The maximum absolute atomic E-state index is 5.01. The normalized spacial score (nSPS) is 12.7. The van der Waals surface area contributed by atoms with Crippen molar-refractivity contribution in [3.8, 4) is 0 Å². The van der Waals surface area contributed by atoms with E-state index in [1.165, 1.54) is 0 Å². The molecule has 0 aliphatic heterocycles. The summed E-state index contributed by atoms with van der Waals surface area (Å²) < 4.78 is 5.01. The van der Waals surface area contributed by atoms with Crippen molar-refractivity contribution in [2.45, 2.75) is 18.9 Å². The molecular formula is C10H17N3O. The third kappa shape index (κ3) is 3.40. The molecule has 0 radical (unpaired) electrons. The molecule has 0 saturated carbocycles. The van der Waals surface area contributed by atoms with Crippen LogP contribution in [0.5, 0.6) is 0 Å². The molecule has 0 amide bonds. The molecule has 0 aromatic carbocycles. The Hall–Kier alpha value is -1.00. The first-order chi connectivity index (χ1) is 6.88. The summed E-state index contributed by atoms with van der Waals surface area (Å²) >= 11 is 0. The predicted molar refractivity (Wildman–Crippen MR) is 54.9 cm³/mol. The number of aromatic nitrogens is 2. The smallest absolute Gasteiger partial charge is 0.115 e. The largest absolute Gasteiger partial charge is 0.385 e. The summed E-state index contributed by atoms with van der Waals surface area (Å²) in [6, 6.07) is 0.325. The van der Waals surface area contributed by atoms with Crippen molar-refractivity contribution in [3.05, 3.63) is 24.3 Å². The van der Waals surface area contributed by atoms with Gasteiger partial charge < -0.3 is 10.1 Å². The highest BCUT2D eigenvalue weighted by Gasteiger charge is 2.08. The molecule has 1 rings (SSSR count). The SMILES string of the molecule is CNC(CCCOC)c1cncnc1. The van der Waals surface area contributed by atoms with Crippen molar-refractivity contribution in [2.75, 3.05) is 20.8 Å². The van der Waals surface area contributed by atoms with Crippen LogP contribution in [-0.2, 0) is 4.74 Å². The molecule has 0 bridgehead atoms. The van der Waals surface area contributed by atoms with Crippen LogP contribution in [-0.4, -0.2) is 30.7 Å². The molecule has 4 heteroatoms. The average Bonchev–Trinajstić information content (AvgIpc) is 2.26. The fourth-order valence-electron chi connectivity index (χ4n) is 1.40. The van der Waals surface area contributed by atoms with Gasteiger partial charge in [-0.1, -0.05) is 0 Å². The first-order valence-electron chi connectivity index (χ1n) is 4.79. The van der Waals surface area contributed by atoms with Gasteiger partial charge in [0.15, 0.2) is 0 Å². The lowest BCUT2D eigenvalue weighted by Crippen LogP contribution is -2.17. The van der Waals surface area contributed by atoms with Crippen LogP contribution < -0.4 is 5.32 Å². The van der Waals surface area contributed by atoms with Gasteiger partial charge in [0.05, 0.1) is 0 Å². The number of nitrogens with one attached hydrogen (secondary N) is 1. The molecule has 0 aliphatic rings. The fraction of sp³-hybridized carbons (Fsp3) is 0.600. The molecule has 0 aliphatic carbocycles. The molecule has 0 fully saturated rings. The highest BCUT2D eigenvalue weighted by atomic mass is 16.5. The number of hydrogen-bond acceptors (Lipinski definition) is 4. The van der Waals surface area contributed by atoms with Crippen molar-refractivity contribution >= 4 is 0 Å². The Morgan fingerprint density at radius 1 is 1.43 bits per heavy atom. The molecule has 0 spiro atoms. The summed E-state index contributed by atoms with van der Waals surface area (Å²) in [5.74, 6) is 0. The van der Waals surface area contributed by atoms with E-state index < -0.39 is 0 Å². The third-order valence-electron chi connectivity index (χ3n) is 2.17. The molecule has 1 aromatic rings. The summed E-state index contributed by atoms with van der Waals surface area (Å²) in [4.78, 5) is 8.00. The van der Waals surface area contributed by atoms with Crippen LogP contribution in [0, 0.1) is 0 Å². The van der Waals surface area contributed by atoms with Gasteiger partial charge in [-0.25, -0.2) is 9.97 Å². The first kappa shape index (κ1) is 11.1. The zero-order chi connectivity index (χ0) is 10.2. The van der Waals surface area contributed by atoms with Crippen LogP contribution in [0.3, 0.4) is 0 Å². The van der Waals surface area contributed by atoms with Crippen molar-refractivity contribution in [1.29, 1.82) is 0 Å². The average molecular weight is 195 g/mol. The van der Waals surface area contributed by atoms with Crippen molar-refractivity contribution in [3.63, 3.8) is 0 Å². The lowest BCUT2D eigenvalue weighted by atomic mass is 10.1. The molecule has 1 unspecified atom stereocenters. The highest BCUT2D eigenvalue weighted by molar-refractivity contribution is 5.08. The minimum atomic E-state index is 0.325. The number of nitrogens with zero attached hydrogens (tertiary/aromatic N) is 2. The van der Waals surface area contributed by atoms with Gasteiger partial charge in [0.2, 0.25) is 0 Å². The minimum absolute atomic E-state index is 0.325. The lowest BCUT2D eigenvalue weighted by molar-refractivity contribution is 0.189. The van der Waals surface area contributed by atoms with E-state index in [-0.39, 0.29) is 0 Å². The Kier molecular flexibility index (Phi) is 5.11. The van der Waals surface area contributed by atoms with Crippen LogP contribution in [0.1, 0.15) is 24.4 Å². The van der Waals surface area contributed by atoms with E-state index in [4.69, 9.17) is 4.74 Å². The Labute approximate surface area is 84.7 Å². The van der Waals surface area contributed by atoms with Gasteiger partial charge in [-0.05, 0) is 19.9 Å². The first-order valence-corrected chi connectivity index (χ1v) is 4.79. The van der Waals surface area contributed by atoms with E-state index in [1.54, 1.807) is 13.4 Å². The molecular weight excluding hydrogens is 178 g/mol. The molecule has 1 atom stereocenters. The van der Waals surface area contributed by atoms with E-state index in [2.05, 4.69) is 15.3 Å². The van der Waals surface area contributed by atoms with E-state index in [0.29, 0.717) is 6.04 Å². The Balaban J connectivity index is 2.46. The van der Waals surface area contributed by atoms with E-state index in [0.717, 1.165) is 25.0 Å². The zero-order valence-corrected chi connectivity index (χ0v) is 8.73. The standard InChI is InChI=1S/C10H17N3O/c1-11-10(4-3-5-14-2)9-6-12-8-13-7-9/h6-8,10-11H,3-5H2,1-2H3. The van der Waals surface area contributed by atoms with Gasteiger partial charge in [0, 0.05) is 37.7 Å². The molecule has 1 aromatic heterocycles. The van der Waals surface area contributed by atoms with Crippen LogP contribution in [0.15, 0.2) is 18.7 Å².